The molecule has 3 heterocycles. The zero-order chi connectivity index (χ0) is 21.2. The zero-order valence-corrected chi connectivity index (χ0v) is 17.0. The molecule has 1 aliphatic carbocycles. The van der Waals surface area contributed by atoms with E-state index in [9.17, 15) is 4.79 Å². The number of aromatic nitrogens is 5. The van der Waals surface area contributed by atoms with Gasteiger partial charge in [0.25, 0.3) is 5.91 Å². The minimum absolute atomic E-state index is 0.246. The van der Waals surface area contributed by atoms with E-state index < -0.39 is 0 Å². The van der Waals surface area contributed by atoms with Crippen LogP contribution in [0.2, 0.25) is 0 Å². The van der Waals surface area contributed by atoms with E-state index in [1.54, 1.807) is 12.5 Å². The topological polar surface area (TPSA) is 111 Å². The first-order valence-corrected chi connectivity index (χ1v) is 10.2. The van der Waals surface area contributed by atoms with Crippen molar-refractivity contribution in [1.82, 2.24) is 24.7 Å². The van der Waals surface area contributed by atoms with E-state index in [0.717, 1.165) is 48.5 Å². The number of carbonyl (C=O) groups is 1. The number of fused-ring (bicyclic) bond motifs is 1. The van der Waals surface area contributed by atoms with E-state index in [0.29, 0.717) is 23.0 Å². The van der Waals surface area contributed by atoms with Crippen molar-refractivity contribution in [1.29, 1.82) is 0 Å². The van der Waals surface area contributed by atoms with E-state index in [4.69, 9.17) is 4.52 Å². The molecule has 0 atom stereocenters. The molecule has 31 heavy (non-hydrogen) atoms. The molecular formula is C22H21N7O2. The van der Waals surface area contributed by atoms with Crippen LogP contribution in [0.4, 0.5) is 17.2 Å². The normalized spacial score (nSPS) is 12.9. The van der Waals surface area contributed by atoms with Crippen molar-refractivity contribution >= 4 is 23.1 Å². The highest BCUT2D eigenvalue weighted by Gasteiger charge is 2.24. The molecule has 4 aromatic rings. The van der Waals surface area contributed by atoms with Crippen molar-refractivity contribution < 1.29 is 9.32 Å². The van der Waals surface area contributed by atoms with Gasteiger partial charge >= 0.3 is 0 Å². The maximum atomic E-state index is 12.6. The molecular weight excluding hydrogens is 394 g/mol. The first kappa shape index (κ1) is 19.0. The smallest absolute Gasteiger partial charge is 0.278 e. The van der Waals surface area contributed by atoms with E-state index in [2.05, 4.69) is 30.7 Å². The number of carbonyl (C=O) groups excluding carboxylic acids is 1. The van der Waals surface area contributed by atoms with Gasteiger partial charge < -0.3 is 15.2 Å². The molecule has 9 heteroatoms. The average molecular weight is 415 g/mol. The standard InChI is InChI=1S/C22H21N7O2/c1-14-24-19(12-20(25-14)29-11-10-23-13-29)26-15-6-8-16(9-7-15)27-22(30)21-17-4-2-3-5-18(17)31-28-21/h6-13H,2-5H2,1H3,(H,27,30)(H,24,25,26). The van der Waals surface area contributed by atoms with Gasteiger partial charge in [0.1, 0.15) is 29.5 Å². The molecule has 0 radical (unpaired) electrons. The second kappa shape index (κ2) is 8.02. The van der Waals surface area contributed by atoms with Gasteiger partial charge in [-0.05, 0) is 50.5 Å². The third kappa shape index (κ3) is 4.02. The summed E-state index contributed by atoms with van der Waals surface area (Å²) in [7, 11) is 0. The monoisotopic (exact) mass is 415 g/mol. The Morgan fingerprint density at radius 1 is 1.10 bits per heavy atom. The van der Waals surface area contributed by atoms with Gasteiger partial charge in [0.05, 0.1) is 0 Å². The highest BCUT2D eigenvalue weighted by molar-refractivity contribution is 6.04. The van der Waals surface area contributed by atoms with Crippen molar-refractivity contribution in [3.63, 3.8) is 0 Å². The van der Waals surface area contributed by atoms with Crippen LogP contribution in [0.15, 0.2) is 53.6 Å². The summed E-state index contributed by atoms with van der Waals surface area (Å²) in [6.45, 7) is 1.84. The number of amides is 1. The lowest BCUT2D eigenvalue weighted by Crippen LogP contribution is -2.15. The third-order valence-electron chi connectivity index (χ3n) is 5.17. The number of anilines is 3. The molecule has 5 rings (SSSR count). The number of hydrogen-bond acceptors (Lipinski definition) is 7. The Bertz CT molecular complexity index is 1210. The summed E-state index contributed by atoms with van der Waals surface area (Å²) in [4.78, 5) is 25.6. The second-order valence-corrected chi connectivity index (χ2v) is 7.43. The highest BCUT2D eigenvalue weighted by atomic mass is 16.5. The zero-order valence-electron chi connectivity index (χ0n) is 17.0. The van der Waals surface area contributed by atoms with E-state index in [1.165, 1.54) is 0 Å². The number of rotatable bonds is 5. The maximum absolute atomic E-state index is 12.6. The molecule has 0 unspecified atom stereocenters. The van der Waals surface area contributed by atoms with E-state index in [-0.39, 0.29) is 5.91 Å². The number of aryl methyl sites for hydroxylation is 2. The predicted molar refractivity (Wildman–Crippen MR) is 115 cm³/mol. The maximum Gasteiger partial charge on any atom is 0.278 e. The fraction of sp³-hybridized carbons (Fsp3) is 0.227. The lowest BCUT2D eigenvalue weighted by atomic mass is 9.96. The van der Waals surface area contributed by atoms with Crippen LogP contribution in [0.3, 0.4) is 0 Å². The minimum atomic E-state index is -0.246. The number of benzene rings is 1. The van der Waals surface area contributed by atoms with Crippen LogP contribution in [0.1, 0.15) is 40.5 Å². The summed E-state index contributed by atoms with van der Waals surface area (Å²) in [5.41, 5.74) is 2.85. The van der Waals surface area contributed by atoms with Gasteiger partial charge in [0, 0.05) is 41.8 Å². The number of hydrogen-bond donors (Lipinski definition) is 2. The lowest BCUT2D eigenvalue weighted by molar-refractivity contribution is 0.101. The van der Waals surface area contributed by atoms with Crippen LogP contribution in [0.5, 0.6) is 0 Å². The largest absolute Gasteiger partial charge is 0.360 e. The molecule has 0 saturated heterocycles. The molecule has 1 amide bonds. The van der Waals surface area contributed by atoms with Gasteiger partial charge in [0.2, 0.25) is 0 Å². The molecule has 1 aromatic carbocycles. The number of nitrogens with zero attached hydrogens (tertiary/aromatic N) is 5. The molecule has 0 saturated carbocycles. The Kier molecular flexibility index (Phi) is 4.91. The van der Waals surface area contributed by atoms with Crippen LogP contribution in [0, 0.1) is 6.92 Å². The van der Waals surface area contributed by atoms with Crippen molar-refractivity contribution in [2.75, 3.05) is 10.6 Å². The number of imidazole rings is 1. The minimum Gasteiger partial charge on any atom is -0.360 e. The molecule has 2 N–H and O–H groups in total. The van der Waals surface area contributed by atoms with Crippen LogP contribution in [0.25, 0.3) is 5.82 Å². The van der Waals surface area contributed by atoms with Gasteiger partial charge in [-0.15, -0.1) is 0 Å². The highest BCUT2D eigenvalue weighted by Crippen LogP contribution is 2.25. The quantitative estimate of drug-likeness (QED) is 0.509. The van der Waals surface area contributed by atoms with Crippen LogP contribution in [-0.4, -0.2) is 30.6 Å². The van der Waals surface area contributed by atoms with Gasteiger partial charge in [-0.2, -0.15) is 0 Å². The molecule has 0 fully saturated rings. The Labute approximate surface area is 178 Å². The Morgan fingerprint density at radius 3 is 2.71 bits per heavy atom. The summed E-state index contributed by atoms with van der Waals surface area (Å²) in [6.07, 6.45) is 9.04. The third-order valence-corrected chi connectivity index (χ3v) is 5.17. The van der Waals surface area contributed by atoms with Crippen LogP contribution in [-0.2, 0) is 12.8 Å². The van der Waals surface area contributed by atoms with Gasteiger partial charge in [-0.25, -0.2) is 15.0 Å². The molecule has 3 aromatic heterocycles. The first-order valence-electron chi connectivity index (χ1n) is 10.2. The first-order chi connectivity index (χ1) is 15.2. The van der Waals surface area contributed by atoms with Crippen molar-refractivity contribution in [2.24, 2.45) is 0 Å². The fourth-order valence-electron chi connectivity index (χ4n) is 3.68. The van der Waals surface area contributed by atoms with Crippen molar-refractivity contribution in [2.45, 2.75) is 32.6 Å². The lowest BCUT2D eigenvalue weighted by Gasteiger charge is -2.11. The molecule has 0 bridgehead atoms. The molecule has 1 aliphatic rings. The van der Waals surface area contributed by atoms with E-state index >= 15 is 0 Å². The Morgan fingerprint density at radius 2 is 1.90 bits per heavy atom. The number of nitrogens with one attached hydrogen (secondary N) is 2. The summed E-state index contributed by atoms with van der Waals surface area (Å²) in [5.74, 6) is 2.64. The van der Waals surface area contributed by atoms with E-state index in [1.807, 2.05) is 48.0 Å². The van der Waals surface area contributed by atoms with Crippen molar-refractivity contribution in [3.8, 4) is 5.82 Å². The van der Waals surface area contributed by atoms with Crippen molar-refractivity contribution in [3.05, 3.63) is 71.9 Å². The Balaban J connectivity index is 1.29. The average Bonchev–Trinajstić information content (AvgIpc) is 3.45. The summed E-state index contributed by atoms with van der Waals surface area (Å²) < 4.78 is 7.16. The molecule has 0 aliphatic heterocycles. The van der Waals surface area contributed by atoms with Gasteiger partial charge in [-0.1, -0.05) is 5.16 Å². The molecule has 9 nitrogen and oxygen atoms in total. The molecule has 156 valence electrons. The second-order valence-electron chi connectivity index (χ2n) is 7.43. The SMILES string of the molecule is Cc1nc(Nc2ccc(NC(=O)c3noc4c3CCCC4)cc2)cc(-n2ccnc2)n1. The van der Waals surface area contributed by atoms with Gasteiger partial charge in [-0.3, -0.25) is 9.36 Å². The summed E-state index contributed by atoms with van der Waals surface area (Å²) >= 11 is 0. The predicted octanol–water partition coefficient (Wildman–Crippen LogP) is 3.83. The van der Waals surface area contributed by atoms with Gasteiger partial charge in [0.15, 0.2) is 5.69 Å². The fourth-order valence-corrected chi connectivity index (χ4v) is 3.68. The van der Waals surface area contributed by atoms with Crippen LogP contribution >= 0.6 is 0 Å². The molecule has 0 spiro atoms. The van der Waals surface area contributed by atoms with Crippen LogP contribution < -0.4 is 10.6 Å². The summed E-state index contributed by atoms with van der Waals surface area (Å²) in [5, 5.41) is 10.2. The summed E-state index contributed by atoms with van der Waals surface area (Å²) in [6, 6.07) is 9.26. The Hall–Kier alpha value is -4.01.